The first-order chi connectivity index (χ1) is 12.8. The predicted octanol–water partition coefficient (Wildman–Crippen LogP) is 3.54. The molecule has 0 aliphatic rings. The normalized spacial score (nSPS) is 12.4. The van der Waals surface area contributed by atoms with Crippen LogP contribution in [0.15, 0.2) is 47.7 Å². The Bertz CT molecular complexity index is 1210. The molecular weight excluding hydrogens is 373 g/mol. The lowest BCUT2D eigenvalue weighted by molar-refractivity contribution is -0.141. The van der Waals surface area contributed by atoms with E-state index >= 15 is 0 Å². The molecule has 0 amide bonds. The first-order valence-corrected chi connectivity index (χ1v) is 7.48. The van der Waals surface area contributed by atoms with Crippen LogP contribution in [-0.4, -0.2) is 24.3 Å². The first-order valence-electron chi connectivity index (χ1n) is 7.48. The minimum absolute atomic E-state index is 0.0170. The molecule has 138 valence electrons. The van der Waals surface area contributed by atoms with Gasteiger partial charge in [-0.25, -0.2) is 9.67 Å². The second-order valence-electron chi connectivity index (χ2n) is 5.57. The third-order valence-electron chi connectivity index (χ3n) is 3.91. The lowest BCUT2D eigenvalue weighted by Gasteiger charge is -2.12. The molecule has 11 heteroatoms. The van der Waals surface area contributed by atoms with Gasteiger partial charge in [-0.05, 0) is 24.3 Å². The fraction of sp³-hybridized carbons (Fsp3) is 0.125. The minimum atomic E-state index is -4.74. The number of nitrogens with zero attached hydrogens (tertiary/aromatic N) is 5. The van der Waals surface area contributed by atoms with Gasteiger partial charge in [-0.1, -0.05) is 0 Å². The van der Waals surface area contributed by atoms with E-state index in [1.165, 1.54) is 24.5 Å². The minimum Gasteiger partial charge on any atom is -0.266 e. The van der Waals surface area contributed by atoms with E-state index in [0.29, 0.717) is 0 Å². The number of hydrogen-bond acceptors (Lipinski definition) is 4. The highest BCUT2D eigenvalue weighted by atomic mass is 19.4. The van der Waals surface area contributed by atoms with Crippen molar-refractivity contribution in [2.75, 3.05) is 0 Å². The molecule has 4 rings (SSSR count). The molecule has 27 heavy (non-hydrogen) atoms. The van der Waals surface area contributed by atoms with E-state index in [2.05, 4.69) is 15.1 Å². The highest BCUT2D eigenvalue weighted by molar-refractivity contribution is 6.03. The van der Waals surface area contributed by atoms with Crippen molar-refractivity contribution >= 4 is 21.9 Å². The molecule has 0 radical (unpaired) electrons. The largest absolute Gasteiger partial charge is 0.433 e. The topological polar surface area (TPSA) is 65.6 Å². The van der Waals surface area contributed by atoms with Crippen molar-refractivity contribution in [2.45, 2.75) is 12.7 Å². The van der Waals surface area contributed by atoms with Crippen LogP contribution in [0.25, 0.3) is 27.6 Å². The van der Waals surface area contributed by atoms with Gasteiger partial charge in [-0.2, -0.15) is 27.1 Å². The van der Waals surface area contributed by atoms with E-state index in [9.17, 15) is 26.7 Å². The molecule has 0 aliphatic carbocycles. The molecule has 0 aromatic carbocycles. The fourth-order valence-corrected chi connectivity index (χ4v) is 2.76. The van der Waals surface area contributed by atoms with Crippen molar-refractivity contribution in [3.8, 4) is 5.69 Å². The molecule has 0 unspecified atom stereocenters. The number of rotatable bonds is 2. The van der Waals surface area contributed by atoms with E-state index in [0.717, 1.165) is 22.9 Å². The van der Waals surface area contributed by atoms with Gasteiger partial charge in [0.1, 0.15) is 11.3 Å². The summed E-state index contributed by atoms with van der Waals surface area (Å²) >= 11 is 0. The quantitative estimate of drug-likeness (QED) is 0.498. The summed E-state index contributed by atoms with van der Waals surface area (Å²) in [5.74, 6) is 0. The van der Waals surface area contributed by atoms with Crippen LogP contribution in [0, 0.1) is 0 Å². The Morgan fingerprint density at radius 1 is 1.07 bits per heavy atom. The summed E-state index contributed by atoms with van der Waals surface area (Å²) in [6.07, 6.45) is -1.17. The van der Waals surface area contributed by atoms with E-state index in [1.54, 1.807) is 0 Å². The average molecular weight is 381 g/mol. The van der Waals surface area contributed by atoms with Crippen LogP contribution in [0.4, 0.5) is 22.0 Å². The number of pyridine rings is 3. The van der Waals surface area contributed by atoms with Gasteiger partial charge >= 0.3 is 12.7 Å². The molecule has 4 aromatic rings. The molecule has 0 spiro atoms. The maximum absolute atomic E-state index is 13.1. The summed E-state index contributed by atoms with van der Waals surface area (Å²) in [5, 5.41) is 3.64. The standard InChI is InChI=1S/C16H8F5N5O/c17-15(18)25-7-10-9-3-4-11(16(19,20)21)23-13(9)26(14(27)12(10)24-25)8-2-1-5-22-6-8/h1-7,15H. The maximum Gasteiger partial charge on any atom is 0.433 e. The second-order valence-corrected chi connectivity index (χ2v) is 5.57. The van der Waals surface area contributed by atoms with Gasteiger partial charge in [0.2, 0.25) is 0 Å². The van der Waals surface area contributed by atoms with E-state index < -0.39 is 24.0 Å². The van der Waals surface area contributed by atoms with Gasteiger partial charge in [0.15, 0.2) is 5.52 Å². The van der Waals surface area contributed by atoms with Gasteiger partial charge < -0.3 is 0 Å². The first kappa shape index (κ1) is 17.1. The van der Waals surface area contributed by atoms with Crippen molar-refractivity contribution in [2.24, 2.45) is 0 Å². The zero-order valence-corrected chi connectivity index (χ0v) is 13.2. The smallest absolute Gasteiger partial charge is 0.266 e. The molecule has 0 fully saturated rings. The second kappa shape index (κ2) is 5.83. The van der Waals surface area contributed by atoms with Crippen LogP contribution >= 0.6 is 0 Å². The Morgan fingerprint density at radius 3 is 2.48 bits per heavy atom. The van der Waals surface area contributed by atoms with Gasteiger partial charge in [0.25, 0.3) is 5.56 Å². The molecule has 0 bridgehead atoms. The zero-order chi connectivity index (χ0) is 19.3. The summed E-state index contributed by atoms with van der Waals surface area (Å²) < 4.78 is 66.4. The lowest BCUT2D eigenvalue weighted by atomic mass is 10.1. The van der Waals surface area contributed by atoms with E-state index in [1.807, 2.05) is 0 Å². The summed E-state index contributed by atoms with van der Waals surface area (Å²) in [6.45, 7) is -3.01. The van der Waals surface area contributed by atoms with Gasteiger partial charge in [-0.15, -0.1) is 0 Å². The summed E-state index contributed by atoms with van der Waals surface area (Å²) in [5.41, 5.74) is -2.60. The number of halogens is 5. The van der Waals surface area contributed by atoms with Crippen LogP contribution < -0.4 is 5.56 Å². The van der Waals surface area contributed by atoms with Crippen molar-refractivity contribution in [1.29, 1.82) is 0 Å². The molecule has 0 aliphatic heterocycles. The third-order valence-corrected chi connectivity index (χ3v) is 3.91. The summed E-state index contributed by atoms with van der Waals surface area (Å²) in [7, 11) is 0. The molecule has 4 aromatic heterocycles. The number of fused-ring (bicyclic) bond motifs is 3. The molecular formula is C16H8F5N5O. The Hall–Kier alpha value is -3.37. The monoisotopic (exact) mass is 381 g/mol. The molecule has 0 saturated heterocycles. The Kier molecular flexibility index (Phi) is 3.68. The lowest BCUT2D eigenvalue weighted by Crippen LogP contribution is -2.21. The van der Waals surface area contributed by atoms with Crippen LogP contribution in [-0.2, 0) is 6.18 Å². The van der Waals surface area contributed by atoms with E-state index in [-0.39, 0.29) is 32.3 Å². The highest BCUT2D eigenvalue weighted by Gasteiger charge is 2.33. The van der Waals surface area contributed by atoms with Gasteiger partial charge in [-0.3, -0.25) is 14.3 Å². The summed E-state index contributed by atoms with van der Waals surface area (Å²) in [4.78, 5) is 20.2. The Morgan fingerprint density at radius 2 is 1.85 bits per heavy atom. The number of hydrogen-bond donors (Lipinski definition) is 0. The van der Waals surface area contributed by atoms with Crippen LogP contribution in [0.2, 0.25) is 0 Å². The molecule has 6 nitrogen and oxygen atoms in total. The van der Waals surface area contributed by atoms with Crippen molar-refractivity contribution < 1.29 is 22.0 Å². The zero-order valence-electron chi connectivity index (χ0n) is 13.2. The highest BCUT2D eigenvalue weighted by Crippen LogP contribution is 2.31. The Balaban J connectivity index is 2.19. The van der Waals surface area contributed by atoms with Crippen LogP contribution in [0.5, 0.6) is 0 Å². The summed E-state index contributed by atoms with van der Waals surface area (Å²) in [6, 6.07) is 4.71. The van der Waals surface area contributed by atoms with Crippen molar-refractivity contribution in [3.05, 3.63) is 58.9 Å². The fourth-order valence-electron chi connectivity index (χ4n) is 2.76. The SMILES string of the molecule is O=c1c2nn(C(F)F)cc2c2ccc(C(F)(F)F)nc2n1-c1cccnc1. The maximum atomic E-state index is 13.1. The van der Waals surface area contributed by atoms with Gasteiger partial charge in [0.05, 0.1) is 11.9 Å². The molecule has 0 N–H and O–H groups in total. The van der Waals surface area contributed by atoms with Crippen molar-refractivity contribution in [1.82, 2.24) is 24.3 Å². The average Bonchev–Trinajstić information content (AvgIpc) is 3.08. The molecule has 4 heterocycles. The van der Waals surface area contributed by atoms with Crippen molar-refractivity contribution in [3.63, 3.8) is 0 Å². The Labute approximate surface area is 146 Å². The van der Waals surface area contributed by atoms with Crippen LogP contribution in [0.1, 0.15) is 12.2 Å². The number of alkyl halides is 5. The molecule has 0 atom stereocenters. The van der Waals surface area contributed by atoms with Gasteiger partial charge in [0, 0.05) is 23.2 Å². The third kappa shape index (κ3) is 2.71. The van der Waals surface area contributed by atoms with Crippen LogP contribution in [0.3, 0.4) is 0 Å². The predicted molar refractivity (Wildman–Crippen MR) is 84.7 cm³/mol. The molecule has 0 saturated carbocycles. The van der Waals surface area contributed by atoms with E-state index in [4.69, 9.17) is 0 Å². The number of aromatic nitrogens is 5.